The summed E-state index contributed by atoms with van der Waals surface area (Å²) in [4.78, 5) is 12.0. The number of benzene rings is 2. The molecule has 2 fully saturated rings. The summed E-state index contributed by atoms with van der Waals surface area (Å²) in [7, 11) is 0. The Morgan fingerprint density at radius 1 is 1.00 bits per heavy atom. The van der Waals surface area contributed by atoms with Crippen LogP contribution in [0.25, 0.3) is 16.8 Å². The number of nitrogens with zero attached hydrogens (tertiary/aromatic N) is 4. The second-order valence-electron chi connectivity index (χ2n) is 10.6. The Kier molecular flexibility index (Phi) is 6.81. The van der Waals surface area contributed by atoms with E-state index >= 15 is 0 Å². The Morgan fingerprint density at radius 3 is 2.62 bits per heavy atom. The molecule has 1 aliphatic carbocycles. The number of β-amino-alcohol motifs (C(OH)–C–C–N with tert-alkyl or cyclic N) is 1. The number of hydrogen-bond acceptors (Lipinski definition) is 6. The maximum atomic E-state index is 9.86. The van der Waals surface area contributed by atoms with Crippen molar-refractivity contribution in [1.82, 2.24) is 19.3 Å². The highest BCUT2D eigenvalue weighted by Crippen LogP contribution is 2.39. The van der Waals surface area contributed by atoms with Gasteiger partial charge < -0.3 is 20.5 Å². The number of hydrogen-bond donors (Lipinski definition) is 2. The summed E-state index contributed by atoms with van der Waals surface area (Å²) in [6.45, 7) is 3.47. The van der Waals surface area contributed by atoms with Gasteiger partial charge in [-0.15, -0.1) is 0 Å². The third-order valence-electron chi connectivity index (χ3n) is 7.94. The van der Waals surface area contributed by atoms with Gasteiger partial charge in [-0.1, -0.05) is 42.5 Å². The number of likely N-dealkylation sites (tertiary alicyclic amines) is 1. The summed E-state index contributed by atoms with van der Waals surface area (Å²) in [5, 5.41) is 9.86. The summed E-state index contributed by atoms with van der Waals surface area (Å²) in [6.07, 6.45) is 9.12. The summed E-state index contributed by atoms with van der Waals surface area (Å²) in [5.74, 6) is 3.45. The average Bonchev–Trinajstić information content (AvgIpc) is 3.53. The molecule has 0 spiro atoms. The van der Waals surface area contributed by atoms with E-state index in [1.807, 2.05) is 42.6 Å². The van der Waals surface area contributed by atoms with Crippen LogP contribution in [0.4, 0.5) is 5.82 Å². The van der Waals surface area contributed by atoms with E-state index in [-0.39, 0.29) is 6.10 Å². The van der Waals surface area contributed by atoms with E-state index in [2.05, 4.69) is 32.5 Å². The first-order chi connectivity index (χ1) is 18.1. The van der Waals surface area contributed by atoms with E-state index in [1.54, 1.807) is 6.20 Å². The van der Waals surface area contributed by atoms with Crippen LogP contribution in [0.1, 0.15) is 49.4 Å². The van der Waals surface area contributed by atoms with Gasteiger partial charge in [0.05, 0.1) is 6.10 Å². The predicted molar refractivity (Wildman–Crippen MR) is 145 cm³/mol. The van der Waals surface area contributed by atoms with Gasteiger partial charge in [0.1, 0.15) is 35.2 Å². The second kappa shape index (κ2) is 10.5. The smallest absolute Gasteiger partial charge is 0.150 e. The Balaban J connectivity index is 1.22. The largest absolute Gasteiger partial charge is 0.489 e. The van der Waals surface area contributed by atoms with Crippen molar-refractivity contribution in [2.45, 2.75) is 50.7 Å². The van der Waals surface area contributed by atoms with Gasteiger partial charge in [-0.05, 0) is 55.7 Å². The number of ether oxygens (including phenoxy) is 1. The van der Waals surface area contributed by atoms with E-state index in [4.69, 9.17) is 15.5 Å². The predicted octanol–water partition coefficient (Wildman–Crippen LogP) is 4.90. The van der Waals surface area contributed by atoms with Crippen LogP contribution in [-0.4, -0.2) is 50.1 Å². The van der Waals surface area contributed by atoms with Crippen molar-refractivity contribution in [1.29, 1.82) is 0 Å². The first-order valence-corrected chi connectivity index (χ1v) is 13.4. The number of aliphatic hydroxyl groups is 1. The lowest BCUT2D eigenvalue weighted by Gasteiger charge is -2.30. The fourth-order valence-electron chi connectivity index (χ4n) is 6.00. The van der Waals surface area contributed by atoms with E-state index in [0.29, 0.717) is 24.3 Å². The Labute approximate surface area is 217 Å². The number of aliphatic hydroxyl groups excluding tert-OH is 1. The maximum absolute atomic E-state index is 9.86. The van der Waals surface area contributed by atoms with Crippen LogP contribution in [0.5, 0.6) is 5.75 Å². The molecule has 1 saturated carbocycles. The minimum Gasteiger partial charge on any atom is -0.489 e. The van der Waals surface area contributed by atoms with Crippen molar-refractivity contribution in [3.8, 4) is 17.0 Å². The molecule has 4 aromatic rings. The Morgan fingerprint density at radius 2 is 1.84 bits per heavy atom. The third kappa shape index (κ3) is 5.20. The molecule has 7 heteroatoms. The average molecular weight is 498 g/mol. The zero-order valence-electron chi connectivity index (χ0n) is 21.2. The van der Waals surface area contributed by atoms with Crippen molar-refractivity contribution >= 4 is 11.3 Å². The molecule has 1 atom stereocenters. The molecule has 2 aromatic heterocycles. The lowest BCUT2D eigenvalue weighted by molar-refractivity contribution is 0.161. The molecule has 0 radical (unpaired) electrons. The molecule has 7 nitrogen and oxygen atoms in total. The minimum atomic E-state index is -0.146. The van der Waals surface area contributed by atoms with Crippen LogP contribution in [0.2, 0.25) is 0 Å². The highest BCUT2D eigenvalue weighted by atomic mass is 16.5. The maximum Gasteiger partial charge on any atom is 0.150 e. The van der Waals surface area contributed by atoms with Crippen LogP contribution in [0, 0.1) is 5.92 Å². The number of nitrogens with two attached hydrogens (primary N) is 1. The van der Waals surface area contributed by atoms with Gasteiger partial charge in [0.25, 0.3) is 0 Å². The fraction of sp³-hybridized carbons (Fsp3) is 0.400. The van der Waals surface area contributed by atoms with Crippen molar-refractivity contribution in [3.05, 3.63) is 78.4 Å². The monoisotopic (exact) mass is 497 g/mol. The first-order valence-electron chi connectivity index (χ1n) is 13.4. The zero-order chi connectivity index (χ0) is 25.2. The van der Waals surface area contributed by atoms with Crippen LogP contribution >= 0.6 is 0 Å². The Hall–Kier alpha value is -3.42. The number of fused-ring (bicyclic) bond motifs is 1. The first kappa shape index (κ1) is 23.9. The molecule has 3 N–H and O–H groups in total. The molecular weight excluding hydrogens is 462 g/mol. The van der Waals surface area contributed by atoms with E-state index in [0.717, 1.165) is 72.8 Å². The molecule has 6 rings (SSSR count). The Bertz CT molecular complexity index is 1350. The third-order valence-corrected chi connectivity index (χ3v) is 7.94. The van der Waals surface area contributed by atoms with Gasteiger partial charge in [0, 0.05) is 43.5 Å². The van der Waals surface area contributed by atoms with Gasteiger partial charge in [0.15, 0.2) is 0 Å². The highest BCUT2D eigenvalue weighted by Gasteiger charge is 2.30. The topological polar surface area (TPSA) is 88.9 Å². The van der Waals surface area contributed by atoms with Gasteiger partial charge in [-0.25, -0.2) is 9.97 Å². The quantitative estimate of drug-likeness (QED) is 0.378. The minimum absolute atomic E-state index is 0.146. The van der Waals surface area contributed by atoms with Gasteiger partial charge in [0.2, 0.25) is 0 Å². The van der Waals surface area contributed by atoms with Crippen molar-refractivity contribution < 1.29 is 9.84 Å². The van der Waals surface area contributed by atoms with E-state index in [9.17, 15) is 5.11 Å². The van der Waals surface area contributed by atoms with Crippen molar-refractivity contribution in [2.75, 3.05) is 25.4 Å². The molecule has 1 aliphatic heterocycles. The molecule has 192 valence electrons. The summed E-state index contributed by atoms with van der Waals surface area (Å²) in [6, 6.07) is 18.3. The number of imidazole rings is 1. The molecule has 1 unspecified atom stereocenters. The number of rotatable bonds is 7. The van der Waals surface area contributed by atoms with Gasteiger partial charge in [-0.2, -0.15) is 0 Å². The summed E-state index contributed by atoms with van der Waals surface area (Å²) in [5.41, 5.74) is 10.2. The lowest BCUT2D eigenvalue weighted by Crippen LogP contribution is -2.30. The molecular formula is C30H35N5O2. The van der Waals surface area contributed by atoms with E-state index < -0.39 is 0 Å². The normalized spacial score (nSPS) is 22.5. The molecule has 2 aromatic carbocycles. The molecule has 2 aliphatic rings. The second-order valence-corrected chi connectivity index (χ2v) is 10.6. The van der Waals surface area contributed by atoms with Crippen LogP contribution in [-0.2, 0) is 6.61 Å². The lowest BCUT2D eigenvalue weighted by atomic mass is 9.81. The van der Waals surface area contributed by atoms with Crippen molar-refractivity contribution in [3.63, 3.8) is 0 Å². The zero-order valence-corrected chi connectivity index (χ0v) is 21.2. The number of anilines is 1. The van der Waals surface area contributed by atoms with Crippen LogP contribution in [0.3, 0.4) is 0 Å². The number of aromatic nitrogens is 3. The molecule has 1 saturated heterocycles. The van der Waals surface area contributed by atoms with Crippen LogP contribution in [0.15, 0.2) is 67.0 Å². The standard InChI is InChI=1S/C30H35N5O2/c31-29-28-27(24-7-4-8-26(17-24)37-20-22-5-2-1-3-6-22)33-30(35(28)16-14-32-29)23-11-9-21(10-12-23)18-34-15-13-25(36)19-34/h1-8,14,16-17,21,23,25,36H,9-13,15,18-20H2,(H2,31,32). The molecule has 37 heavy (non-hydrogen) atoms. The fourth-order valence-corrected chi connectivity index (χ4v) is 6.00. The molecule has 3 heterocycles. The van der Waals surface area contributed by atoms with Gasteiger partial charge >= 0.3 is 0 Å². The summed E-state index contributed by atoms with van der Waals surface area (Å²) >= 11 is 0. The van der Waals surface area contributed by atoms with Crippen molar-refractivity contribution in [2.24, 2.45) is 5.92 Å². The van der Waals surface area contributed by atoms with Gasteiger partial charge in [-0.3, -0.25) is 4.40 Å². The summed E-state index contributed by atoms with van der Waals surface area (Å²) < 4.78 is 8.24. The molecule has 0 bridgehead atoms. The molecule has 0 amide bonds. The van der Waals surface area contributed by atoms with Crippen LogP contribution < -0.4 is 10.5 Å². The SMILES string of the molecule is Nc1nccn2c(C3CCC(CN4CCC(O)C4)CC3)nc(-c3cccc(OCc4ccccc4)c3)c12. The highest BCUT2D eigenvalue weighted by molar-refractivity contribution is 5.85. The van der Waals surface area contributed by atoms with E-state index in [1.165, 1.54) is 12.8 Å². The number of nitrogen functional groups attached to an aromatic ring is 1.